The first kappa shape index (κ1) is 13.8. The van der Waals surface area contributed by atoms with Crippen molar-refractivity contribution in [3.8, 4) is 0 Å². The lowest BCUT2D eigenvalue weighted by atomic mass is 10.1. The van der Waals surface area contributed by atoms with Gasteiger partial charge in [-0.2, -0.15) is 0 Å². The summed E-state index contributed by atoms with van der Waals surface area (Å²) in [5.74, 6) is -0.119. The van der Waals surface area contributed by atoms with Gasteiger partial charge in [0.05, 0.1) is 6.10 Å². The molecule has 0 amide bonds. The van der Waals surface area contributed by atoms with E-state index in [-0.39, 0.29) is 18.1 Å². The summed E-state index contributed by atoms with van der Waals surface area (Å²) in [5, 5.41) is 3.28. The van der Waals surface area contributed by atoms with Gasteiger partial charge in [0.1, 0.15) is 12.6 Å². The van der Waals surface area contributed by atoms with Crippen molar-refractivity contribution in [2.45, 2.75) is 38.3 Å². The number of carbonyl (C=O) groups is 1. The number of hydrogen-bond acceptors (Lipinski definition) is 5. The van der Waals surface area contributed by atoms with E-state index in [9.17, 15) is 4.79 Å². The third-order valence-electron chi connectivity index (χ3n) is 3.73. The van der Waals surface area contributed by atoms with E-state index in [1.165, 1.54) is 6.42 Å². The summed E-state index contributed by atoms with van der Waals surface area (Å²) < 4.78 is 10.9. The highest BCUT2D eigenvalue weighted by Gasteiger charge is 2.25. The van der Waals surface area contributed by atoms with Gasteiger partial charge in [-0.3, -0.25) is 9.69 Å². The second-order valence-corrected chi connectivity index (χ2v) is 5.08. The van der Waals surface area contributed by atoms with Gasteiger partial charge in [-0.25, -0.2) is 0 Å². The minimum Gasteiger partial charge on any atom is -0.462 e. The summed E-state index contributed by atoms with van der Waals surface area (Å²) in [7, 11) is 0. The Bertz CT molecular complexity index is 261. The molecule has 0 saturated carbocycles. The molecule has 5 heteroatoms. The van der Waals surface area contributed by atoms with Crippen LogP contribution in [0.2, 0.25) is 0 Å². The van der Waals surface area contributed by atoms with Gasteiger partial charge in [-0.1, -0.05) is 0 Å². The SMILES string of the molecule is CC(C(=O)OCC1CCCCO1)N1CCNCC1. The molecule has 0 aromatic heterocycles. The van der Waals surface area contributed by atoms with Crippen molar-refractivity contribution in [1.82, 2.24) is 10.2 Å². The van der Waals surface area contributed by atoms with Crippen LogP contribution in [0.4, 0.5) is 0 Å². The Balaban J connectivity index is 1.69. The van der Waals surface area contributed by atoms with E-state index in [4.69, 9.17) is 9.47 Å². The Labute approximate surface area is 109 Å². The van der Waals surface area contributed by atoms with Gasteiger partial charge < -0.3 is 14.8 Å². The Morgan fingerprint density at radius 1 is 1.44 bits per heavy atom. The average Bonchev–Trinajstić information content (AvgIpc) is 2.46. The minimum absolute atomic E-state index is 0.109. The molecule has 2 heterocycles. The summed E-state index contributed by atoms with van der Waals surface area (Å²) in [4.78, 5) is 14.1. The van der Waals surface area contributed by atoms with E-state index < -0.39 is 0 Å². The average molecular weight is 256 g/mol. The van der Waals surface area contributed by atoms with E-state index >= 15 is 0 Å². The van der Waals surface area contributed by atoms with Crippen molar-refractivity contribution in [3.63, 3.8) is 0 Å². The first-order valence-corrected chi connectivity index (χ1v) is 7.00. The summed E-state index contributed by atoms with van der Waals surface area (Å²) in [6.45, 7) is 6.86. The fourth-order valence-corrected chi connectivity index (χ4v) is 2.45. The maximum absolute atomic E-state index is 11.9. The standard InChI is InChI=1S/C13H24N2O3/c1-11(15-7-5-14-6-8-15)13(16)18-10-12-4-2-3-9-17-12/h11-12,14H,2-10H2,1H3. The first-order chi connectivity index (χ1) is 8.77. The van der Waals surface area contributed by atoms with Gasteiger partial charge in [-0.15, -0.1) is 0 Å². The van der Waals surface area contributed by atoms with Crippen molar-refractivity contribution in [2.75, 3.05) is 39.4 Å². The monoisotopic (exact) mass is 256 g/mol. The molecule has 0 aliphatic carbocycles. The molecule has 2 unspecified atom stereocenters. The molecular weight excluding hydrogens is 232 g/mol. The van der Waals surface area contributed by atoms with Gasteiger partial charge >= 0.3 is 5.97 Å². The van der Waals surface area contributed by atoms with Gasteiger partial charge in [0.25, 0.3) is 0 Å². The van der Waals surface area contributed by atoms with E-state index in [2.05, 4.69) is 10.2 Å². The maximum atomic E-state index is 11.9. The lowest BCUT2D eigenvalue weighted by molar-refractivity contribution is -0.155. The molecule has 2 aliphatic heterocycles. The van der Waals surface area contributed by atoms with Crippen LogP contribution >= 0.6 is 0 Å². The van der Waals surface area contributed by atoms with Crippen LogP contribution < -0.4 is 5.32 Å². The molecule has 2 atom stereocenters. The van der Waals surface area contributed by atoms with Crippen LogP contribution in [0.25, 0.3) is 0 Å². The lowest BCUT2D eigenvalue weighted by Crippen LogP contribution is -2.50. The molecule has 0 aromatic carbocycles. The van der Waals surface area contributed by atoms with Crippen molar-refractivity contribution in [1.29, 1.82) is 0 Å². The zero-order chi connectivity index (χ0) is 12.8. The fourth-order valence-electron chi connectivity index (χ4n) is 2.45. The molecule has 5 nitrogen and oxygen atoms in total. The van der Waals surface area contributed by atoms with Gasteiger partial charge in [0.15, 0.2) is 0 Å². The number of ether oxygens (including phenoxy) is 2. The molecule has 104 valence electrons. The second-order valence-electron chi connectivity index (χ2n) is 5.08. The maximum Gasteiger partial charge on any atom is 0.323 e. The van der Waals surface area contributed by atoms with Crippen LogP contribution in [0, 0.1) is 0 Å². The summed E-state index contributed by atoms with van der Waals surface area (Å²) in [6, 6.07) is -0.143. The van der Waals surface area contributed by atoms with Crippen LogP contribution in [-0.2, 0) is 14.3 Å². The van der Waals surface area contributed by atoms with Crippen molar-refractivity contribution in [2.24, 2.45) is 0 Å². The first-order valence-electron chi connectivity index (χ1n) is 7.00. The lowest BCUT2D eigenvalue weighted by Gasteiger charge is -2.31. The molecule has 0 aromatic rings. The van der Waals surface area contributed by atoms with Crippen LogP contribution in [0.1, 0.15) is 26.2 Å². The molecule has 2 aliphatic rings. The van der Waals surface area contributed by atoms with E-state index in [0.29, 0.717) is 6.61 Å². The molecule has 0 spiro atoms. The van der Waals surface area contributed by atoms with Crippen molar-refractivity contribution < 1.29 is 14.3 Å². The smallest absolute Gasteiger partial charge is 0.323 e. The Kier molecular flexibility index (Phi) is 5.41. The van der Waals surface area contributed by atoms with Crippen LogP contribution in [-0.4, -0.2) is 62.4 Å². The summed E-state index contributed by atoms with van der Waals surface area (Å²) in [6.07, 6.45) is 3.42. The molecule has 2 rings (SSSR count). The number of piperazine rings is 1. The molecule has 1 N–H and O–H groups in total. The molecule has 2 saturated heterocycles. The largest absolute Gasteiger partial charge is 0.462 e. The van der Waals surface area contributed by atoms with Crippen molar-refractivity contribution in [3.05, 3.63) is 0 Å². The number of carbonyl (C=O) groups excluding carboxylic acids is 1. The van der Waals surface area contributed by atoms with Crippen LogP contribution in [0.5, 0.6) is 0 Å². The zero-order valence-electron chi connectivity index (χ0n) is 11.2. The highest BCUT2D eigenvalue weighted by molar-refractivity contribution is 5.75. The summed E-state index contributed by atoms with van der Waals surface area (Å²) >= 11 is 0. The Hall–Kier alpha value is -0.650. The second kappa shape index (κ2) is 7.07. The molecule has 0 radical (unpaired) electrons. The van der Waals surface area contributed by atoms with Crippen molar-refractivity contribution >= 4 is 5.97 Å². The topological polar surface area (TPSA) is 50.8 Å². The van der Waals surface area contributed by atoms with Gasteiger partial charge in [0.2, 0.25) is 0 Å². The van der Waals surface area contributed by atoms with E-state index in [1.807, 2.05) is 6.92 Å². The fraction of sp³-hybridized carbons (Fsp3) is 0.923. The third-order valence-corrected chi connectivity index (χ3v) is 3.73. The predicted octanol–water partition coefficient (Wildman–Crippen LogP) is 0.392. The van der Waals surface area contributed by atoms with Crippen LogP contribution in [0.3, 0.4) is 0 Å². The van der Waals surface area contributed by atoms with E-state index in [1.54, 1.807) is 0 Å². The highest BCUT2D eigenvalue weighted by Crippen LogP contribution is 2.13. The van der Waals surface area contributed by atoms with Gasteiger partial charge in [-0.05, 0) is 26.2 Å². The number of nitrogens with one attached hydrogen (secondary N) is 1. The third kappa shape index (κ3) is 3.93. The summed E-state index contributed by atoms with van der Waals surface area (Å²) in [5.41, 5.74) is 0. The predicted molar refractivity (Wildman–Crippen MR) is 68.5 cm³/mol. The molecular formula is C13H24N2O3. The van der Waals surface area contributed by atoms with E-state index in [0.717, 1.165) is 45.6 Å². The Morgan fingerprint density at radius 3 is 2.89 bits per heavy atom. The minimum atomic E-state index is -0.143. The molecule has 18 heavy (non-hydrogen) atoms. The highest BCUT2D eigenvalue weighted by atomic mass is 16.6. The Morgan fingerprint density at radius 2 is 2.22 bits per heavy atom. The number of rotatable bonds is 4. The number of nitrogens with zero attached hydrogens (tertiary/aromatic N) is 1. The molecule has 0 bridgehead atoms. The quantitative estimate of drug-likeness (QED) is 0.738. The molecule has 2 fully saturated rings. The van der Waals surface area contributed by atoms with Gasteiger partial charge in [0, 0.05) is 32.8 Å². The van der Waals surface area contributed by atoms with Crippen LogP contribution in [0.15, 0.2) is 0 Å². The normalized spacial score (nSPS) is 27.7. The number of esters is 1. The number of hydrogen-bond donors (Lipinski definition) is 1. The zero-order valence-corrected chi connectivity index (χ0v) is 11.2.